The van der Waals surface area contributed by atoms with Crippen LogP contribution in [0.3, 0.4) is 0 Å². The molecule has 0 radical (unpaired) electrons. The highest BCUT2D eigenvalue weighted by Crippen LogP contribution is 2.22. The van der Waals surface area contributed by atoms with E-state index < -0.39 is 47.9 Å². The van der Waals surface area contributed by atoms with Gasteiger partial charge in [-0.2, -0.15) is 11.8 Å². The van der Waals surface area contributed by atoms with Gasteiger partial charge in [0.2, 0.25) is 29.5 Å². The number of likely N-dealkylation sites (tertiary alicyclic amines) is 2. The standard InChI is InChI=1S/C27H44N6O7S/c1-16(2)22(31-23(35)17-7-4-11-28-17)26(38)33-13-6-8-19(33)24(36)29-15-21(34)32-12-5-9-20(32)25(37)30-18(27(39)40)10-14-41-3/h16-20,22,28H,4-15H2,1-3H3,(H,29,36)(H,30,37)(H,31,35)(H,39,40)/t17-,18-,19-,20-,22-/m0/s1. The van der Waals surface area contributed by atoms with Crippen molar-refractivity contribution in [3.05, 3.63) is 0 Å². The number of hydrogen-bond acceptors (Lipinski definition) is 8. The first-order valence-electron chi connectivity index (χ1n) is 14.5. The molecule has 5 N–H and O–H groups in total. The third-order valence-electron chi connectivity index (χ3n) is 7.96. The number of amides is 5. The van der Waals surface area contributed by atoms with Crippen molar-refractivity contribution in [1.82, 2.24) is 31.1 Å². The van der Waals surface area contributed by atoms with Crippen molar-refractivity contribution < 1.29 is 33.9 Å². The molecule has 3 saturated heterocycles. The van der Waals surface area contributed by atoms with Crippen LogP contribution in [0.25, 0.3) is 0 Å². The molecule has 14 heteroatoms. The van der Waals surface area contributed by atoms with Crippen LogP contribution in [0.5, 0.6) is 0 Å². The Morgan fingerprint density at radius 2 is 1.56 bits per heavy atom. The molecule has 5 atom stereocenters. The van der Waals surface area contributed by atoms with Crippen LogP contribution >= 0.6 is 11.8 Å². The molecule has 0 bridgehead atoms. The minimum Gasteiger partial charge on any atom is -0.480 e. The van der Waals surface area contributed by atoms with Crippen molar-refractivity contribution in [2.24, 2.45) is 5.92 Å². The normalized spacial score (nSPS) is 23.8. The van der Waals surface area contributed by atoms with Gasteiger partial charge in [0.25, 0.3) is 0 Å². The molecule has 3 rings (SSSR count). The number of hydrogen-bond donors (Lipinski definition) is 5. The summed E-state index contributed by atoms with van der Waals surface area (Å²) in [6, 6.07) is -3.69. The molecule has 0 unspecified atom stereocenters. The monoisotopic (exact) mass is 596 g/mol. The zero-order valence-electron chi connectivity index (χ0n) is 24.1. The minimum atomic E-state index is -1.12. The fraction of sp³-hybridized carbons (Fsp3) is 0.778. The van der Waals surface area contributed by atoms with E-state index in [1.54, 1.807) is 0 Å². The van der Waals surface area contributed by atoms with Crippen molar-refractivity contribution in [3.63, 3.8) is 0 Å². The first-order chi connectivity index (χ1) is 19.5. The van der Waals surface area contributed by atoms with Crippen LogP contribution in [0.1, 0.15) is 58.8 Å². The van der Waals surface area contributed by atoms with Crippen LogP contribution in [0.15, 0.2) is 0 Å². The molecule has 3 aliphatic rings. The van der Waals surface area contributed by atoms with Gasteiger partial charge in [-0.3, -0.25) is 24.0 Å². The molecular weight excluding hydrogens is 552 g/mol. The van der Waals surface area contributed by atoms with Gasteiger partial charge in [0.05, 0.1) is 12.6 Å². The van der Waals surface area contributed by atoms with Gasteiger partial charge in [-0.15, -0.1) is 0 Å². The topological polar surface area (TPSA) is 177 Å². The molecule has 0 spiro atoms. The molecule has 0 aromatic rings. The van der Waals surface area contributed by atoms with Crippen molar-refractivity contribution in [2.45, 2.75) is 89.0 Å². The summed E-state index contributed by atoms with van der Waals surface area (Å²) in [7, 11) is 0. The highest BCUT2D eigenvalue weighted by Gasteiger charge is 2.40. The van der Waals surface area contributed by atoms with Gasteiger partial charge in [0.15, 0.2) is 0 Å². The number of nitrogens with zero attached hydrogens (tertiary/aromatic N) is 2. The molecule has 0 aromatic heterocycles. The van der Waals surface area contributed by atoms with Crippen LogP contribution in [-0.4, -0.2) is 119 Å². The number of aliphatic carboxylic acids is 1. The Labute approximate surface area is 245 Å². The zero-order valence-corrected chi connectivity index (χ0v) is 25.0. The Bertz CT molecular complexity index is 989. The lowest BCUT2D eigenvalue weighted by Crippen LogP contribution is -2.57. The van der Waals surface area contributed by atoms with E-state index in [2.05, 4.69) is 21.3 Å². The van der Waals surface area contributed by atoms with Crippen LogP contribution < -0.4 is 21.3 Å². The first-order valence-corrected chi connectivity index (χ1v) is 15.9. The van der Waals surface area contributed by atoms with Gasteiger partial charge >= 0.3 is 5.97 Å². The van der Waals surface area contributed by atoms with Crippen molar-refractivity contribution in [3.8, 4) is 0 Å². The van der Waals surface area contributed by atoms with E-state index in [1.165, 1.54) is 21.6 Å². The maximum absolute atomic E-state index is 13.5. The molecule has 13 nitrogen and oxygen atoms in total. The summed E-state index contributed by atoms with van der Waals surface area (Å²) in [5.41, 5.74) is 0. The summed E-state index contributed by atoms with van der Waals surface area (Å²) in [5.74, 6) is -2.70. The second-order valence-corrected chi connectivity index (χ2v) is 12.2. The zero-order chi connectivity index (χ0) is 30.1. The maximum atomic E-state index is 13.5. The fourth-order valence-corrected chi connectivity index (χ4v) is 6.11. The summed E-state index contributed by atoms with van der Waals surface area (Å²) in [6.45, 7) is 4.82. The second-order valence-electron chi connectivity index (χ2n) is 11.2. The van der Waals surface area contributed by atoms with Gasteiger partial charge in [-0.05, 0) is 69.4 Å². The summed E-state index contributed by atoms with van der Waals surface area (Å²) in [6.07, 6.45) is 5.79. The van der Waals surface area contributed by atoms with Gasteiger partial charge in [-0.25, -0.2) is 4.79 Å². The number of carbonyl (C=O) groups is 6. The molecule has 3 fully saturated rings. The Balaban J connectivity index is 1.56. The lowest BCUT2D eigenvalue weighted by molar-refractivity contribution is -0.144. The maximum Gasteiger partial charge on any atom is 0.326 e. The van der Waals surface area contributed by atoms with Gasteiger partial charge in [-0.1, -0.05) is 13.8 Å². The van der Waals surface area contributed by atoms with E-state index in [0.717, 1.165) is 13.0 Å². The molecule has 0 saturated carbocycles. The third-order valence-corrected chi connectivity index (χ3v) is 8.60. The van der Waals surface area contributed by atoms with E-state index >= 15 is 0 Å². The third kappa shape index (κ3) is 8.57. The van der Waals surface area contributed by atoms with E-state index in [1.807, 2.05) is 20.1 Å². The Morgan fingerprint density at radius 1 is 0.902 bits per heavy atom. The predicted molar refractivity (Wildman–Crippen MR) is 153 cm³/mol. The average molecular weight is 597 g/mol. The summed E-state index contributed by atoms with van der Waals surface area (Å²) < 4.78 is 0. The summed E-state index contributed by atoms with van der Waals surface area (Å²) >= 11 is 1.48. The number of thioether (sulfide) groups is 1. The fourth-order valence-electron chi connectivity index (χ4n) is 5.64. The molecule has 5 amide bonds. The van der Waals surface area contributed by atoms with Gasteiger partial charge in [0.1, 0.15) is 24.2 Å². The highest BCUT2D eigenvalue weighted by molar-refractivity contribution is 7.98. The Kier molecular flexibility index (Phi) is 12.2. The van der Waals surface area contributed by atoms with Crippen LogP contribution in [0, 0.1) is 5.92 Å². The molecule has 230 valence electrons. The lowest BCUT2D eigenvalue weighted by atomic mass is 10.0. The first kappa shape index (κ1) is 32.6. The number of carboxylic acid groups (broad SMARTS) is 1. The summed E-state index contributed by atoms with van der Waals surface area (Å²) in [4.78, 5) is 79.5. The minimum absolute atomic E-state index is 0.182. The number of carbonyl (C=O) groups excluding carboxylic acids is 5. The van der Waals surface area contributed by atoms with Crippen molar-refractivity contribution in [1.29, 1.82) is 0 Å². The van der Waals surface area contributed by atoms with E-state index in [4.69, 9.17) is 0 Å². The lowest BCUT2D eigenvalue weighted by Gasteiger charge is -2.31. The largest absolute Gasteiger partial charge is 0.480 e. The number of rotatable bonds is 13. The molecular formula is C27H44N6O7S. The summed E-state index contributed by atoms with van der Waals surface area (Å²) in [5, 5.41) is 20.6. The Hall–Kier alpha value is -2.87. The van der Waals surface area contributed by atoms with Gasteiger partial charge < -0.3 is 36.2 Å². The van der Waals surface area contributed by atoms with Crippen LogP contribution in [-0.2, 0) is 28.8 Å². The van der Waals surface area contributed by atoms with Crippen LogP contribution in [0.4, 0.5) is 0 Å². The number of carboxylic acids is 1. The second kappa shape index (κ2) is 15.4. The average Bonchev–Trinajstić information content (AvgIpc) is 3.73. The van der Waals surface area contributed by atoms with Crippen LogP contribution in [0.2, 0.25) is 0 Å². The quantitative estimate of drug-likeness (QED) is 0.184. The molecule has 3 aliphatic heterocycles. The van der Waals surface area contributed by atoms with Crippen molar-refractivity contribution >= 4 is 47.3 Å². The van der Waals surface area contributed by atoms with E-state index in [0.29, 0.717) is 50.9 Å². The molecule has 3 heterocycles. The predicted octanol–water partition coefficient (Wildman–Crippen LogP) is -0.700. The number of nitrogens with one attached hydrogen (secondary N) is 4. The Morgan fingerprint density at radius 3 is 2.15 bits per heavy atom. The smallest absolute Gasteiger partial charge is 0.326 e. The SMILES string of the molecule is CSCC[C@H](NC(=O)[C@@H]1CCCN1C(=O)CNC(=O)[C@@H]1CCCN1C(=O)[C@@H](NC(=O)[C@@H]1CCCN1)C(C)C)C(=O)O. The van der Waals surface area contributed by atoms with E-state index in [-0.39, 0.29) is 36.7 Å². The van der Waals surface area contributed by atoms with Gasteiger partial charge in [0, 0.05) is 13.1 Å². The molecule has 0 aromatic carbocycles. The van der Waals surface area contributed by atoms with E-state index in [9.17, 15) is 33.9 Å². The van der Waals surface area contributed by atoms with Crippen molar-refractivity contribution in [2.75, 3.05) is 38.2 Å². The highest BCUT2D eigenvalue weighted by atomic mass is 32.2. The molecule has 0 aliphatic carbocycles. The molecule has 41 heavy (non-hydrogen) atoms.